The van der Waals surface area contributed by atoms with Crippen molar-refractivity contribution in [1.82, 2.24) is 0 Å². The molecule has 0 fully saturated rings. The highest BCUT2D eigenvalue weighted by molar-refractivity contribution is 8.02. The molecule has 0 atom stereocenters. The molecule has 0 aliphatic rings. The quantitative estimate of drug-likeness (QED) is 0.465. The third-order valence-electron chi connectivity index (χ3n) is 0.354. The van der Waals surface area contributed by atoms with Crippen molar-refractivity contribution >= 4 is 11.8 Å². The molecule has 2 N–H and O–H groups in total. The maximum Gasteiger partial charge on any atom is 0.00971 e. The van der Waals surface area contributed by atoms with Crippen LogP contribution in [0.3, 0.4) is 0 Å². The van der Waals surface area contributed by atoms with Crippen LogP contribution >= 0.6 is 11.8 Å². The molecule has 0 amide bonds. The third kappa shape index (κ3) is 17.1. The monoisotopic (exact) mass is 131 g/mol. The smallest absolute Gasteiger partial charge is 0.00971 e. The van der Waals surface area contributed by atoms with Gasteiger partial charge >= 0.3 is 0 Å². The van der Waals surface area contributed by atoms with Crippen LogP contribution in [0.25, 0.3) is 0 Å². The van der Waals surface area contributed by atoms with Crippen molar-refractivity contribution in [3.05, 3.63) is 25.1 Å². The van der Waals surface area contributed by atoms with Crippen LogP contribution in [0, 0.1) is 0 Å². The van der Waals surface area contributed by atoms with Gasteiger partial charge in [-0.05, 0) is 5.41 Å². The van der Waals surface area contributed by atoms with Crippen molar-refractivity contribution in [3.63, 3.8) is 0 Å². The molecule has 0 saturated heterocycles. The fourth-order valence-corrected chi connectivity index (χ4v) is 0.454. The first-order valence-electron chi connectivity index (χ1n) is 2.34. The Bertz CT molecular complexity index is 45.8. The lowest BCUT2D eigenvalue weighted by Crippen LogP contribution is -1.99. The Morgan fingerprint density at radius 3 is 2.12 bits per heavy atom. The van der Waals surface area contributed by atoms with Gasteiger partial charge in [0.15, 0.2) is 0 Å². The molecule has 0 rings (SSSR count). The molecule has 0 saturated carbocycles. The fraction of sp³-hybridized carbons (Fsp3) is 0.333. The Morgan fingerprint density at radius 2 is 2.00 bits per heavy atom. The molecule has 8 heavy (non-hydrogen) atoms. The van der Waals surface area contributed by atoms with E-state index in [4.69, 9.17) is 5.73 Å². The summed E-state index contributed by atoms with van der Waals surface area (Å²) in [7, 11) is 0. The van der Waals surface area contributed by atoms with Crippen molar-refractivity contribution in [2.24, 2.45) is 5.73 Å². The summed E-state index contributed by atoms with van der Waals surface area (Å²) in [6.45, 7) is 10.3. The van der Waals surface area contributed by atoms with Crippen LogP contribution in [0.15, 0.2) is 25.1 Å². The Kier molecular flexibility index (Phi) is 21.2. The minimum atomic E-state index is 0.747. The molecule has 0 unspecified atom stereocenters. The first kappa shape index (κ1) is 10.7. The second kappa shape index (κ2) is 15.8. The summed E-state index contributed by atoms with van der Waals surface area (Å²) in [5.74, 6) is 0.990. The number of hydrogen-bond donors (Lipinski definition) is 1. The SMILES string of the molecule is C=C.C=CSCCN. The van der Waals surface area contributed by atoms with Gasteiger partial charge in [-0.3, -0.25) is 0 Å². The maximum absolute atomic E-state index is 5.15. The van der Waals surface area contributed by atoms with E-state index in [1.54, 1.807) is 17.2 Å². The third-order valence-corrected chi connectivity index (χ3v) is 1.06. The van der Waals surface area contributed by atoms with Crippen molar-refractivity contribution in [1.29, 1.82) is 0 Å². The molecule has 0 aromatic heterocycles. The van der Waals surface area contributed by atoms with E-state index in [9.17, 15) is 0 Å². The van der Waals surface area contributed by atoms with Crippen LogP contribution < -0.4 is 5.73 Å². The van der Waals surface area contributed by atoms with Gasteiger partial charge in [0.25, 0.3) is 0 Å². The first-order valence-corrected chi connectivity index (χ1v) is 3.39. The molecule has 0 bridgehead atoms. The highest BCUT2D eigenvalue weighted by Gasteiger charge is 1.71. The maximum atomic E-state index is 5.15. The van der Waals surface area contributed by atoms with Crippen LogP contribution in [0.4, 0.5) is 0 Å². The average Bonchev–Trinajstić information content (AvgIpc) is 1.88. The minimum Gasteiger partial charge on any atom is -0.330 e. The topological polar surface area (TPSA) is 26.0 Å². The van der Waals surface area contributed by atoms with Crippen LogP contribution in [0.5, 0.6) is 0 Å². The van der Waals surface area contributed by atoms with Crippen LogP contribution in [-0.4, -0.2) is 12.3 Å². The van der Waals surface area contributed by atoms with Gasteiger partial charge in [-0.15, -0.1) is 24.9 Å². The van der Waals surface area contributed by atoms with E-state index < -0.39 is 0 Å². The zero-order valence-electron chi connectivity index (χ0n) is 5.10. The van der Waals surface area contributed by atoms with Gasteiger partial charge in [0.05, 0.1) is 0 Å². The molecule has 1 nitrogen and oxygen atoms in total. The van der Waals surface area contributed by atoms with Gasteiger partial charge < -0.3 is 5.73 Å². The predicted molar refractivity (Wildman–Crippen MR) is 43.0 cm³/mol. The molecule has 0 heterocycles. The van der Waals surface area contributed by atoms with Gasteiger partial charge in [0, 0.05) is 12.3 Å². The lowest BCUT2D eigenvalue weighted by Gasteiger charge is -1.83. The highest BCUT2D eigenvalue weighted by Crippen LogP contribution is 1.94. The average molecular weight is 131 g/mol. The standard InChI is InChI=1S/C4H9NS.C2H4/c1-2-6-4-3-5;1-2/h2H,1,3-5H2;1-2H2. The number of thioether (sulfide) groups is 1. The zero-order valence-corrected chi connectivity index (χ0v) is 5.91. The summed E-state index contributed by atoms with van der Waals surface area (Å²) in [6, 6.07) is 0. The Balaban J connectivity index is 0. The molecule has 0 aromatic carbocycles. The van der Waals surface area contributed by atoms with E-state index in [0.717, 1.165) is 12.3 Å². The van der Waals surface area contributed by atoms with E-state index in [0.29, 0.717) is 0 Å². The Labute approximate surface area is 55.7 Å². The molecule has 0 spiro atoms. The van der Waals surface area contributed by atoms with Gasteiger partial charge in [0.2, 0.25) is 0 Å². The molecular formula is C6H13NS. The van der Waals surface area contributed by atoms with E-state index in [2.05, 4.69) is 19.7 Å². The molecule has 0 aliphatic heterocycles. The lowest BCUT2D eigenvalue weighted by atomic mass is 10.8. The zero-order chi connectivity index (χ0) is 6.83. The minimum absolute atomic E-state index is 0.747. The van der Waals surface area contributed by atoms with Crippen molar-refractivity contribution < 1.29 is 0 Å². The van der Waals surface area contributed by atoms with Gasteiger partial charge in [-0.2, -0.15) is 0 Å². The summed E-state index contributed by atoms with van der Waals surface area (Å²) < 4.78 is 0. The molecular weight excluding hydrogens is 118 g/mol. The second-order valence-corrected chi connectivity index (χ2v) is 1.90. The summed E-state index contributed by atoms with van der Waals surface area (Å²) >= 11 is 1.65. The molecule has 0 aromatic rings. The molecule has 0 aliphatic carbocycles. The normalized spacial score (nSPS) is 6.62. The van der Waals surface area contributed by atoms with E-state index in [1.165, 1.54) is 0 Å². The Hall–Kier alpha value is -0.210. The number of nitrogens with two attached hydrogens (primary N) is 1. The molecule has 0 radical (unpaired) electrons. The van der Waals surface area contributed by atoms with Crippen molar-refractivity contribution in [3.8, 4) is 0 Å². The predicted octanol–water partition coefficient (Wildman–Crippen LogP) is 1.62. The second-order valence-electron chi connectivity index (χ2n) is 0.826. The largest absolute Gasteiger partial charge is 0.330 e. The number of hydrogen-bond acceptors (Lipinski definition) is 2. The van der Waals surface area contributed by atoms with Crippen LogP contribution in [-0.2, 0) is 0 Å². The Morgan fingerprint density at radius 1 is 1.50 bits per heavy atom. The highest BCUT2D eigenvalue weighted by atomic mass is 32.2. The van der Waals surface area contributed by atoms with E-state index in [1.807, 2.05) is 0 Å². The van der Waals surface area contributed by atoms with E-state index in [-0.39, 0.29) is 0 Å². The van der Waals surface area contributed by atoms with Crippen molar-refractivity contribution in [2.45, 2.75) is 0 Å². The van der Waals surface area contributed by atoms with Gasteiger partial charge in [0.1, 0.15) is 0 Å². The summed E-state index contributed by atoms with van der Waals surface area (Å²) in [6.07, 6.45) is 0. The molecule has 48 valence electrons. The first-order chi connectivity index (χ1) is 3.91. The summed E-state index contributed by atoms with van der Waals surface area (Å²) in [5, 5.41) is 1.80. The van der Waals surface area contributed by atoms with Crippen LogP contribution in [0.1, 0.15) is 0 Å². The number of rotatable bonds is 3. The molecule has 2 heteroatoms. The van der Waals surface area contributed by atoms with Crippen molar-refractivity contribution in [2.75, 3.05) is 12.3 Å². The van der Waals surface area contributed by atoms with Crippen LogP contribution in [0.2, 0.25) is 0 Å². The summed E-state index contributed by atoms with van der Waals surface area (Å²) in [5.41, 5.74) is 5.15. The van der Waals surface area contributed by atoms with Gasteiger partial charge in [-0.25, -0.2) is 0 Å². The summed E-state index contributed by atoms with van der Waals surface area (Å²) in [4.78, 5) is 0. The van der Waals surface area contributed by atoms with Gasteiger partial charge in [-0.1, -0.05) is 6.58 Å². The fourth-order valence-electron chi connectivity index (χ4n) is 0.151. The lowest BCUT2D eigenvalue weighted by molar-refractivity contribution is 1.15. The van der Waals surface area contributed by atoms with E-state index >= 15 is 0 Å².